The number of hydrogen-bond donors (Lipinski definition) is 2. The topological polar surface area (TPSA) is 66.4 Å². The molecule has 1 amide bonds. The largest absolute Gasteiger partial charge is 0.481 e. The Morgan fingerprint density at radius 3 is 2.26 bits per heavy atom. The molecular weight excluding hydrogens is 242 g/mol. The third-order valence-corrected chi connectivity index (χ3v) is 5.90. The van der Waals surface area contributed by atoms with Crippen LogP contribution in [0.4, 0.5) is 0 Å². The van der Waals surface area contributed by atoms with E-state index in [1.165, 1.54) is 6.42 Å². The van der Waals surface area contributed by atoms with Crippen molar-refractivity contribution in [3.8, 4) is 0 Å². The molecule has 4 bridgehead atoms. The van der Waals surface area contributed by atoms with Crippen LogP contribution in [0.3, 0.4) is 0 Å². The summed E-state index contributed by atoms with van der Waals surface area (Å²) in [6.07, 6.45) is 5.86. The maximum Gasteiger partial charge on any atom is 0.309 e. The molecule has 4 aliphatic carbocycles. The Morgan fingerprint density at radius 1 is 1.21 bits per heavy atom. The van der Waals surface area contributed by atoms with E-state index in [1.807, 2.05) is 0 Å². The molecule has 3 atom stereocenters. The van der Waals surface area contributed by atoms with Gasteiger partial charge in [0.2, 0.25) is 5.91 Å². The third kappa shape index (κ3) is 1.87. The van der Waals surface area contributed by atoms with Crippen LogP contribution in [0.1, 0.15) is 52.4 Å². The Bertz CT molecular complexity index is 417. The molecule has 0 saturated heterocycles. The normalized spacial score (nSPS) is 44.9. The number of aliphatic carboxylic acids is 1. The van der Waals surface area contributed by atoms with Crippen molar-refractivity contribution in [1.82, 2.24) is 5.32 Å². The summed E-state index contributed by atoms with van der Waals surface area (Å²) in [6, 6.07) is 0.0922. The number of carbonyl (C=O) groups is 2. The molecule has 4 nitrogen and oxygen atoms in total. The first-order valence-corrected chi connectivity index (χ1v) is 7.36. The predicted molar refractivity (Wildman–Crippen MR) is 70.5 cm³/mol. The van der Waals surface area contributed by atoms with Crippen molar-refractivity contribution in [2.45, 2.75) is 58.4 Å². The molecule has 19 heavy (non-hydrogen) atoms. The van der Waals surface area contributed by atoms with Crippen molar-refractivity contribution in [3.05, 3.63) is 0 Å². The van der Waals surface area contributed by atoms with Crippen LogP contribution in [0.15, 0.2) is 0 Å². The second-order valence-electron chi connectivity index (χ2n) is 7.33. The highest BCUT2D eigenvalue weighted by atomic mass is 16.4. The highest BCUT2D eigenvalue weighted by molar-refractivity contribution is 5.76. The molecule has 0 spiro atoms. The first-order valence-electron chi connectivity index (χ1n) is 7.36. The maximum atomic E-state index is 11.8. The molecule has 4 fully saturated rings. The van der Waals surface area contributed by atoms with Crippen molar-refractivity contribution in [2.75, 3.05) is 0 Å². The number of carbonyl (C=O) groups excluding carboxylic acids is 1. The monoisotopic (exact) mass is 265 g/mol. The van der Waals surface area contributed by atoms with Gasteiger partial charge in [-0.25, -0.2) is 0 Å². The van der Waals surface area contributed by atoms with E-state index in [9.17, 15) is 14.7 Å². The fourth-order valence-corrected chi connectivity index (χ4v) is 5.55. The molecule has 4 rings (SSSR count). The van der Waals surface area contributed by atoms with Crippen molar-refractivity contribution < 1.29 is 14.7 Å². The lowest BCUT2D eigenvalue weighted by molar-refractivity contribution is -0.177. The van der Waals surface area contributed by atoms with E-state index in [0.717, 1.165) is 32.1 Å². The number of hydrogen-bond acceptors (Lipinski definition) is 2. The minimum absolute atomic E-state index is 0.00683. The van der Waals surface area contributed by atoms with Gasteiger partial charge >= 0.3 is 5.97 Å². The summed E-state index contributed by atoms with van der Waals surface area (Å²) in [6.45, 7) is 3.61. The summed E-state index contributed by atoms with van der Waals surface area (Å²) in [5.41, 5.74) is -0.481. The Hall–Kier alpha value is -1.06. The molecule has 0 aromatic rings. The van der Waals surface area contributed by atoms with Crippen molar-refractivity contribution in [3.63, 3.8) is 0 Å². The zero-order valence-corrected chi connectivity index (χ0v) is 11.7. The van der Waals surface area contributed by atoms with Crippen LogP contribution < -0.4 is 5.32 Å². The SMILES string of the molecule is CC(=O)N[C@@H](C)C12C[C@@H]3C[C@H](CC(C(=O)O)(C3)C1)C2. The molecule has 0 heterocycles. The van der Waals surface area contributed by atoms with E-state index in [0.29, 0.717) is 11.8 Å². The first kappa shape index (κ1) is 12.9. The van der Waals surface area contributed by atoms with E-state index in [2.05, 4.69) is 12.2 Å². The van der Waals surface area contributed by atoms with Crippen LogP contribution in [0.5, 0.6) is 0 Å². The van der Waals surface area contributed by atoms with Crippen LogP contribution in [-0.4, -0.2) is 23.0 Å². The molecular formula is C15H23NO3. The number of carboxylic acids is 1. The van der Waals surface area contributed by atoms with Gasteiger partial charge in [0.25, 0.3) is 0 Å². The fraction of sp³-hybridized carbons (Fsp3) is 0.867. The Balaban J connectivity index is 1.91. The van der Waals surface area contributed by atoms with Gasteiger partial charge in [0, 0.05) is 13.0 Å². The number of rotatable bonds is 3. The standard InChI is InChI=1S/C15H23NO3/c1-9(16-10(2)17)14-4-11-3-12(5-14)7-15(6-11,8-14)13(18)19/h9,11-12H,3-8H2,1-2H3,(H,16,17)(H,18,19)/t9-,11-,12-,14?,15?/m0/s1. The second kappa shape index (κ2) is 3.97. The van der Waals surface area contributed by atoms with Crippen LogP contribution >= 0.6 is 0 Å². The van der Waals surface area contributed by atoms with E-state index >= 15 is 0 Å². The molecule has 4 saturated carbocycles. The number of nitrogens with one attached hydrogen (secondary N) is 1. The molecule has 2 N–H and O–H groups in total. The lowest BCUT2D eigenvalue weighted by Crippen LogP contribution is -2.60. The van der Waals surface area contributed by atoms with Crippen LogP contribution in [0.2, 0.25) is 0 Å². The summed E-state index contributed by atoms with van der Waals surface area (Å²) >= 11 is 0. The van der Waals surface area contributed by atoms with Crippen LogP contribution in [-0.2, 0) is 9.59 Å². The van der Waals surface area contributed by atoms with Gasteiger partial charge in [-0.3, -0.25) is 9.59 Å². The van der Waals surface area contributed by atoms with Crippen LogP contribution in [0.25, 0.3) is 0 Å². The number of carboxylic acid groups (broad SMARTS) is 1. The van der Waals surface area contributed by atoms with Crippen LogP contribution in [0, 0.1) is 22.7 Å². The van der Waals surface area contributed by atoms with Crippen molar-refractivity contribution in [2.24, 2.45) is 22.7 Å². The average molecular weight is 265 g/mol. The molecule has 0 aromatic carbocycles. The van der Waals surface area contributed by atoms with E-state index in [1.54, 1.807) is 6.92 Å². The van der Waals surface area contributed by atoms with Gasteiger partial charge in [0.05, 0.1) is 5.41 Å². The summed E-state index contributed by atoms with van der Waals surface area (Å²) in [5, 5.41) is 12.7. The summed E-state index contributed by atoms with van der Waals surface area (Å²) in [5.74, 6) is 0.482. The second-order valence-corrected chi connectivity index (χ2v) is 7.33. The molecule has 0 radical (unpaired) electrons. The van der Waals surface area contributed by atoms with Gasteiger partial charge in [-0.1, -0.05) is 0 Å². The number of amides is 1. The minimum Gasteiger partial charge on any atom is -0.481 e. The fourth-order valence-electron chi connectivity index (χ4n) is 5.55. The van der Waals surface area contributed by atoms with E-state index < -0.39 is 11.4 Å². The lowest BCUT2D eigenvalue weighted by atomic mass is 9.43. The average Bonchev–Trinajstić information content (AvgIpc) is 2.25. The zero-order valence-electron chi connectivity index (χ0n) is 11.7. The minimum atomic E-state index is -0.610. The smallest absolute Gasteiger partial charge is 0.309 e. The zero-order chi connectivity index (χ0) is 13.8. The quantitative estimate of drug-likeness (QED) is 0.822. The van der Waals surface area contributed by atoms with E-state index in [4.69, 9.17) is 0 Å². The summed E-state index contributed by atoms with van der Waals surface area (Å²) < 4.78 is 0. The molecule has 0 aromatic heterocycles. The highest BCUT2D eigenvalue weighted by Gasteiger charge is 2.62. The first-order chi connectivity index (χ1) is 8.85. The molecule has 0 aliphatic heterocycles. The molecule has 4 aliphatic rings. The van der Waals surface area contributed by atoms with Gasteiger partial charge in [-0.05, 0) is 62.7 Å². The Labute approximate surface area is 113 Å². The molecule has 4 heteroatoms. The van der Waals surface area contributed by atoms with E-state index in [-0.39, 0.29) is 17.4 Å². The Kier molecular flexibility index (Phi) is 2.70. The van der Waals surface area contributed by atoms with Gasteiger partial charge in [-0.15, -0.1) is 0 Å². The Morgan fingerprint density at radius 2 is 1.79 bits per heavy atom. The lowest BCUT2D eigenvalue weighted by Gasteiger charge is -2.62. The molecule has 0 unspecified atom stereocenters. The third-order valence-electron chi connectivity index (χ3n) is 5.90. The summed E-state index contributed by atoms with van der Waals surface area (Å²) in [7, 11) is 0. The van der Waals surface area contributed by atoms with Gasteiger partial charge in [0.15, 0.2) is 0 Å². The van der Waals surface area contributed by atoms with Gasteiger partial charge in [0.1, 0.15) is 0 Å². The summed E-state index contributed by atoms with van der Waals surface area (Å²) in [4.78, 5) is 23.1. The maximum absolute atomic E-state index is 11.8. The molecule has 106 valence electrons. The van der Waals surface area contributed by atoms with Crippen molar-refractivity contribution >= 4 is 11.9 Å². The highest BCUT2D eigenvalue weighted by Crippen LogP contribution is 2.66. The van der Waals surface area contributed by atoms with Gasteiger partial charge < -0.3 is 10.4 Å². The van der Waals surface area contributed by atoms with Gasteiger partial charge in [-0.2, -0.15) is 0 Å². The predicted octanol–water partition coefficient (Wildman–Crippen LogP) is 2.18. The van der Waals surface area contributed by atoms with Crippen molar-refractivity contribution in [1.29, 1.82) is 0 Å².